The lowest BCUT2D eigenvalue weighted by Gasteiger charge is -2.06. The number of fused-ring (bicyclic) bond motifs is 2. The lowest BCUT2D eigenvalue weighted by atomic mass is 10.1. The van der Waals surface area contributed by atoms with Crippen LogP contribution in [0.2, 0.25) is 0 Å². The van der Waals surface area contributed by atoms with Gasteiger partial charge in [-0.05, 0) is 31.2 Å². The first-order valence-corrected chi connectivity index (χ1v) is 8.72. The van der Waals surface area contributed by atoms with Crippen LogP contribution in [0, 0.1) is 6.92 Å². The molecule has 0 saturated carbocycles. The summed E-state index contributed by atoms with van der Waals surface area (Å²) >= 11 is 0. The van der Waals surface area contributed by atoms with Gasteiger partial charge in [-0.3, -0.25) is 4.79 Å². The van der Waals surface area contributed by atoms with Gasteiger partial charge in [0, 0.05) is 40.8 Å². The van der Waals surface area contributed by atoms with Gasteiger partial charge in [0.2, 0.25) is 5.78 Å². The zero-order chi connectivity index (χ0) is 20.0. The summed E-state index contributed by atoms with van der Waals surface area (Å²) in [6, 6.07) is 7.98. The van der Waals surface area contributed by atoms with E-state index in [2.05, 4.69) is 0 Å². The van der Waals surface area contributed by atoms with Crippen molar-refractivity contribution in [2.45, 2.75) is 13.5 Å². The second-order valence-corrected chi connectivity index (χ2v) is 6.54. The molecule has 3 N–H and O–H groups in total. The average Bonchev–Trinajstić information content (AvgIpc) is 3.11. The number of hydrogen-bond acceptors (Lipinski definition) is 6. The Balaban J connectivity index is 1.89. The number of phenolic OH excluding ortho intramolecular Hbond substituents is 2. The molecule has 0 radical (unpaired) electrons. The molecular weight excluding hydrogens is 362 g/mol. The number of aromatic hydroxyl groups is 2. The Morgan fingerprint density at radius 1 is 1.21 bits per heavy atom. The highest BCUT2D eigenvalue weighted by atomic mass is 16.5. The SMILES string of the molecule is COc1ccc2c(c1)c(/C=C1\Oc3cc(O)cc(O)c3C1=O)c(C)n2CCO. The average molecular weight is 381 g/mol. The Kier molecular flexibility index (Phi) is 4.24. The molecule has 1 aliphatic heterocycles. The molecular formula is C21H19NO6. The molecule has 7 heteroatoms. The van der Waals surface area contributed by atoms with Crippen LogP contribution in [0.25, 0.3) is 17.0 Å². The number of ether oxygens (including phenoxy) is 2. The van der Waals surface area contributed by atoms with E-state index in [0.717, 1.165) is 28.2 Å². The summed E-state index contributed by atoms with van der Waals surface area (Å²) in [4.78, 5) is 12.7. The van der Waals surface area contributed by atoms with Crippen molar-refractivity contribution in [1.82, 2.24) is 4.57 Å². The maximum atomic E-state index is 12.7. The number of nitrogens with zero attached hydrogens (tertiary/aromatic N) is 1. The molecule has 3 aromatic rings. The minimum atomic E-state index is -0.460. The Morgan fingerprint density at radius 3 is 2.71 bits per heavy atom. The maximum absolute atomic E-state index is 12.7. The predicted octanol–water partition coefficient (Wildman–Crippen LogP) is 2.98. The van der Waals surface area contributed by atoms with Crippen molar-refractivity contribution in [1.29, 1.82) is 0 Å². The third-order valence-corrected chi connectivity index (χ3v) is 4.92. The molecule has 144 valence electrons. The van der Waals surface area contributed by atoms with Crippen molar-refractivity contribution in [2.24, 2.45) is 0 Å². The van der Waals surface area contributed by atoms with Gasteiger partial charge < -0.3 is 29.4 Å². The Hall–Kier alpha value is -3.45. The molecule has 1 aromatic heterocycles. The molecule has 0 fully saturated rings. The van der Waals surface area contributed by atoms with Crippen molar-refractivity contribution in [3.05, 3.63) is 52.9 Å². The monoisotopic (exact) mass is 381 g/mol. The molecule has 0 amide bonds. The lowest BCUT2D eigenvalue weighted by molar-refractivity contribution is 0.101. The highest BCUT2D eigenvalue weighted by molar-refractivity contribution is 6.17. The summed E-state index contributed by atoms with van der Waals surface area (Å²) in [6.45, 7) is 2.27. The number of aliphatic hydroxyl groups excluding tert-OH is 1. The van der Waals surface area contributed by atoms with Gasteiger partial charge in [-0.2, -0.15) is 0 Å². The lowest BCUT2D eigenvalue weighted by Crippen LogP contribution is -2.04. The molecule has 28 heavy (non-hydrogen) atoms. The first kappa shape index (κ1) is 17.9. The second-order valence-electron chi connectivity index (χ2n) is 6.54. The number of aliphatic hydroxyl groups is 1. The Bertz CT molecular complexity index is 1140. The van der Waals surface area contributed by atoms with Gasteiger partial charge in [-0.25, -0.2) is 0 Å². The van der Waals surface area contributed by atoms with Gasteiger partial charge in [0.05, 0.1) is 13.7 Å². The molecule has 0 spiro atoms. The fourth-order valence-electron chi connectivity index (χ4n) is 3.59. The first-order chi connectivity index (χ1) is 13.4. The van der Waals surface area contributed by atoms with E-state index >= 15 is 0 Å². The van der Waals surface area contributed by atoms with Gasteiger partial charge in [-0.15, -0.1) is 0 Å². The zero-order valence-electron chi connectivity index (χ0n) is 15.4. The van der Waals surface area contributed by atoms with E-state index in [-0.39, 0.29) is 35.2 Å². The van der Waals surface area contributed by atoms with Crippen LogP contribution in [0.5, 0.6) is 23.0 Å². The minimum absolute atomic E-state index is 0.0263. The molecule has 0 bridgehead atoms. The molecule has 1 aliphatic rings. The molecule has 0 saturated heterocycles. The summed E-state index contributed by atoms with van der Waals surface area (Å²) in [6.07, 6.45) is 1.61. The van der Waals surface area contributed by atoms with E-state index in [0.29, 0.717) is 12.3 Å². The molecule has 2 heterocycles. The van der Waals surface area contributed by atoms with Gasteiger partial charge >= 0.3 is 0 Å². The minimum Gasteiger partial charge on any atom is -0.508 e. The van der Waals surface area contributed by atoms with Crippen molar-refractivity contribution in [3.8, 4) is 23.0 Å². The number of rotatable bonds is 4. The van der Waals surface area contributed by atoms with Crippen molar-refractivity contribution in [3.63, 3.8) is 0 Å². The number of carbonyl (C=O) groups is 1. The number of benzene rings is 2. The van der Waals surface area contributed by atoms with Crippen LogP contribution in [-0.2, 0) is 6.54 Å². The summed E-state index contributed by atoms with van der Waals surface area (Å²) in [5.41, 5.74) is 2.52. The van der Waals surface area contributed by atoms with Crippen LogP contribution in [0.1, 0.15) is 21.6 Å². The van der Waals surface area contributed by atoms with E-state index in [9.17, 15) is 20.1 Å². The smallest absolute Gasteiger partial charge is 0.235 e. The van der Waals surface area contributed by atoms with Gasteiger partial charge in [0.15, 0.2) is 5.76 Å². The molecule has 7 nitrogen and oxygen atoms in total. The van der Waals surface area contributed by atoms with E-state index in [1.54, 1.807) is 13.2 Å². The molecule has 0 unspecified atom stereocenters. The summed E-state index contributed by atoms with van der Waals surface area (Å²) in [5.74, 6) is -0.154. The van der Waals surface area contributed by atoms with E-state index in [4.69, 9.17) is 9.47 Å². The normalized spacial score (nSPS) is 14.5. The van der Waals surface area contributed by atoms with Crippen molar-refractivity contribution < 1.29 is 29.6 Å². The quantitative estimate of drug-likeness (QED) is 0.601. The van der Waals surface area contributed by atoms with Crippen molar-refractivity contribution >= 4 is 22.8 Å². The number of carbonyl (C=O) groups excluding carboxylic acids is 1. The van der Waals surface area contributed by atoms with Crippen LogP contribution < -0.4 is 9.47 Å². The predicted molar refractivity (Wildman–Crippen MR) is 103 cm³/mol. The Morgan fingerprint density at radius 2 is 2.00 bits per heavy atom. The zero-order valence-corrected chi connectivity index (χ0v) is 15.4. The molecule has 0 aliphatic carbocycles. The largest absolute Gasteiger partial charge is 0.508 e. The summed E-state index contributed by atoms with van der Waals surface area (Å²) < 4.78 is 12.9. The number of allylic oxidation sites excluding steroid dienone is 1. The third kappa shape index (κ3) is 2.68. The standard InChI is InChI=1S/C21H19NO6/c1-11-14(15-9-13(27-2)3-4-16(15)22(11)5-6-23)10-19-21(26)20-17(25)7-12(24)8-18(20)28-19/h3-4,7-10,23-25H,5-6H2,1-2H3/b19-10-. The van der Waals surface area contributed by atoms with Gasteiger partial charge in [0.1, 0.15) is 28.6 Å². The summed E-state index contributed by atoms with van der Waals surface area (Å²) in [5, 5.41) is 29.9. The number of ketones is 1. The number of methoxy groups -OCH3 is 1. The molecule has 4 rings (SSSR count). The fraction of sp³-hybridized carbons (Fsp3) is 0.190. The van der Waals surface area contributed by atoms with E-state index in [1.165, 1.54) is 6.07 Å². The van der Waals surface area contributed by atoms with Crippen LogP contribution in [0.4, 0.5) is 0 Å². The van der Waals surface area contributed by atoms with Gasteiger partial charge in [0.25, 0.3) is 0 Å². The fourth-order valence-corrected chi connectivity index (χ4v) is 3.59. The highest BCUT2D eigenvalue weighted by Crippen LogP contribution is 2.41. The number of Topliss-reactive ketones (excluding diaryl/α,β-unsaturated/α-hetero) is 1. The topological polar surface area (TPSA) is 101 Å². The van der Waals surface area contributed by atoms with Crippen LogP contribution in [-0.4, -0.2) is 39.4 Å². The maximum Gasteiger partial charge on any atom is 0.235 e. The van der Waals surface area contributed by atoms with Crippen LogP contribution >= 0.6 is 0 Å². The molecule has 2 aromatic carbocycles. The third-order valence-electron chi connectivity index (χ3n) is 4.92. The van der Waals surface area contributed by atoms with Crippen LogP contribution in [0.15, 0.2) is 36.1 Å². The van der Waals surface area contributed by atoms with Gasteiger partial charge in [-0.1, -0.05) is 0 Å². The number of phenols is 2. The number of aromatic nitrogens is 1. The molecule has 0 atom stereocenters. The highest BCUT2D eigenvalue weighted by Gasteiger charge is 2.32. The van der Waals surface area contributed by atoms with E-state index in [1.807, 2.05) is 29.7 Å². The van der Waals surface area contributed by atoms with Crippen molar-refractivity contribution in [2.75, 3.05) is 13.7 Å². The van der Waals surface area contributed by atoms with Crippen LogP contribution in [0.3, 0.4) is 0 Å². The first-order valence-electron chi connectivity index (χ1n) is 8.72. The Labute approximate surface area is 160 Å². The summed E-state index contributed by atoms with van der Waals surface area (Å²) in [7, 11) is 1.58. The second kappa shape index (κ2) is 6.61. The number of hydrogen-bond donors (Lipinski definition) is 3. The van der Waals surface area contributed by atoms with E-state index < -0.39 is 5.78 Å².